The summed E-state index contributed by atoms with van der Waals surface area (Å²) in [4.78, 5) is 9.22. The molecule has 1 N–H and O–H groups in total. The fourth-order valence-electron chi connectivity index (χ4n) is 2.24. The van der Waals surface area contributed by atoms with Crippen molar-refractivity contribution in [3.05, 3.63) is 22.8 Å². The van der Waals surface area contributed by atoms with Crippen molar-refractivity contribution in [1.82, 2.24) is 15.3 Å². The molecule has 19 heavy (non-hydrogen) atoms. The number of hydrogen-bond acceptors (Lipinski definition) is 4. The minimum Gasteiger partial charge on any atom is -0.373 e. The number of aromatic nitrogens is 2. The van der Waals surface area contributed by atoms with Gasteiger partial charge in [-0.3, -0.25) is 0 Å². The van der Waals surface area contributed by atoms with Gasteiger partial charge in [-0.25, -0.2) is 9.97 Å². The molecule has 4 nitrogen and oxygen atoms in total. The van der Waals surface area contributed by atoms with E-state index in [4.69, 9.17) is 4.74 Å². The zero-order chi connectivity index (χ0) is 14.3. The minimum atomic E-state index is 0.00432. The summed E-state index contributed by atoms with van der Waals surface area (Å²) in [5.74, 6) is 0.810. The van der Waals surface area contributed by atoms with Crippen molar-refractivity contribution in [3.8, 4) is 0 Å². The lowest BCUT2D eigenvalue weighted by atomic mass is 10.1. The number of aryl methyl sites for hydroxylation is 2. The molecule has 1 aromatic heterocycles. The molecule has 0 aliphatic heterocycles. The third-order valence-electron chi connectivity index (χ3n) is 3.36. The summed E-state index contributed by atoms with van der Waals surface area (Å²) in [5, 5.41) is 3.42. The normalized spacial score (nSPS) is 12.7. The van der Waals surface area contributed by atoms with Crippen LogP contribution in [0.3, 0.4) is 0 Å². The van der Waals surface area contributed by atoms with Gasteiger partial charge in [0.1, 0.15) is 6.10 Å². The molecule has 0 saturated carbocycles. The molecule has 108 valence electrons. The topological polar surface area (TPSA) is 47.0 Å². The van der Waals surface area contributed by atoms with E-state index in [2.05, 4.69) is 43.0 Å². The van der Waals surface area contributed by atoms with Crippen LogP contribution in [0.15, 0.2) is 0 Å². The number of methoxy groups -OCH3 is 1. The van der Waals surface area contributed by atoms with Crippen molar-refractivity contribution in [2.45, 2.75) is 53.1 Å². The maximum atomic E-state index is 5.41. The van der Waals surface area contributed by atoms with Crippen molar-refractivity contribution >= 4 is 0 Å². The molecular formula is C15H27N3O. The van der Waals surface area contributed by atoms with E-state index in [0.717, 1.165) is 43.1 Å². The van der Waals surface area contributed by atoms with E-state index in [1.165, 1.54) is 12.0 Å². The first-order valence-corrected chi connectivity index (χ1v) is 7.21. The average molecular weight is 265 g/mol. The summed E-state index contributed by atoms with van der Waals surface area (Å²) in [6, 6.07) is 0. The smallest absolute Gasteiger partial charge is 0.157 e. The molecule has 0 fully saturated rings. The number of hydrogen-bond donors (Lipinski definition) is 1. The van der Waals surface area contributed by atoms with Gasteiger partial charge in [0, 0.05) is 18.5 Å². The van der Waals surface area contributed by atoms with Crippen LogP contribution < -0.4 is 5.32 Å². The summed E-state index contributed by atoms with van der Waals surface area (Å²) < 4.78 is 5.41. The Morgan fingerprint density at radius 1 is 1.11 bits per heavy atom. The van der Waals surface area contributed by atoms with E-state index in [0.29, 0.717) is 0 Å². The molecule has 1 atom stereocenters. The molecule has 0 aliphatic carbocycles. The summed E-state index contributed by atoms with van der Waals surface area (Å²) in [6.45, 7) is 10.4. The number of nitrogens with zero attached hydrogens (tertiary/aromatic N) is 2. The quantitative estimate of drug-likeness (QED) is 0.734. The van der Waals surface area contributed by atoms with Gasteiger partial charge in [-0.2, -0.15) is 0 Å². The second-order valence-corrected chi connectivity index (χ2v) is 4.86. The Bertz CT molecular complexity index is 366. The highest BCUT2D eigenvalue weighted by Gasteiger charge is 2.15. The monoisotopic (exact) mass is 265 g/mol. The first-order chi connectivity index (χ1) is 9.13. The highest BCUT2D eigenvalue weighted by molar-refractivity contribution is 5.25. The summed E-state index contributed by atoms with van der Waals surface area (Å²) in [7, 11) is 1.71. The maximum absolute atomic E-state index is 5.41. The van der Waals surface area contributed by atoms with Crippen molar-refractivity contribution in [2.75, 3.05) is 20.2 Å². The van der Waals surface area contributed by atoms with Crippen LogP contribution in [-0.4, -0.2) is 30.2 Å². The molecule has 1 heterocycles. The molecule has 0 aliphatic rings. The summed E-state index contributed by atoms with van der Waals surface area (Å²) in [6.07, 6.45) is 3.05. The van der Waals surface area contributed by atoms with Crippen LogP contribution in [0.5, 0.6) is 0 Å². The lowest BCUT2D eigenvalue weighted by Crippen LogP contribution is -2.19. The van der Waals surface area contributed by atoms with Gasteiger partial charge < -0.3 is 10.1 Å². The zero-order valence-corrected chi connectivity index (χ0v) is 12.9. The fraction of sp³-hybridized carbons (Fsp3) is 0.733. The van der Waals surface area contributed by atoms with Gasteiger partial charge in [0.2, 0.25) is 0 Å². The standard InChI is InChI=1S/C15H27N3O/c1-6-9-16-10-8-13-11(3)17-15(18-12(13)4)14(7-2)19-5/h14,16H,6-10H2,1-5H3. The van der Waals surface area contributed by atoms with Gasteiger partial charge in [0.05, 0.1) is 0 Å². The van der Waals surface area contributed by atoms with E-state index in [-0.39, 0.29) is 6.10 Å². The number of rotatable bonds is 8. The molecule has 0 spiro atoms. The van der Waals surface area contributed by atoms with E-state index >= 15 is 0 Å². The first kappa shape index (κ1) is 16.1. The SMILES string of the molecule is CCCNCCc1c(C)nc(C(CC)OC)nc1C. The number of nitrogens with one attached hydrogen (secondary N) is 1. The second-order valence-electron chi connectivity index (χ2n) is 4.86. The summed E-state index contributed by atoms with van der Waals surface area (Å²) in [5.41, 5.74) is 3.42. The van der Waals surface area contributed by atoms with Crippen LogP contribution in [0.4, 0.5) is 0 Å². The van der Waals surface area contributed by atoms with Gasteiger partial charge in [-0.1, -0.05) is 13.8 Å². The van der Waals surface area contributed by atoms with Crippen LogP contribution in [0, 0.1) is 13.8 Å². The molecule has 0 bridgehead atoms. The second kappa shape index (κ2) is 8.23. The van der Waals surface area contributed by atoms with Crippen molar-refractivity contribution < 1.29 is 4.74 Å². The highest BCUT2D eigenvalue weighted by atomic mass is 16.5. The largest absolute Gasteiger partial charge is 0.373 e. The molecule has 0 saturated heterocycles. The molecule has 1 rings (SSSR count). The van der Waals surface area contributed by atoms with E-state index in [1.807, 2.05) is 0 Å². The fourth-order valence-corrected chi connectivity index (χ4v) is 2.24. The van der Waals surface area contributed by atoms with E-state index < -0.39 is 0 Å². The van der Waals surface area contributed by atoms with E-state index in [1.54, 1.807) is 7.11 Å². The Hall–Kier alpha value is -1.00. The van der Waals surface area contributed by atoms with Gasteiger partial charge in [-0.05, 0) is 51.8 Å². The Labute approximate surface area is 117 Å². The van der Waals surface area contributed by atoms with Gasteiger partial charge in [0.15, 0.2) is 5.82 Å². The van der Waals surface area contributed by atoms with Crippen molar-refractivity contribution in [1.29, 1.82) is 0 Å². The van der Waals surface area contributed by atoms with Gasteiger partial charge in [0.25, 0.3) is 0 Å². The Kier molecular flexibility index (Phi) is 6.95. The number of ether oxygens (including phenoxy) is 1. The Morgan fingerprint density at radius 3 is 2.21 bits per heavy atom. The van der Waals surface area contributed by atoms with Crippen LogP contribution in [0.1, 0.15) is 55.6 Å². The first-order valence-electron chi connectivity index (χ1n) is 7.21. The van der Waals surface area contributed by atoms with Crippen LogP contribution >= 0.6 is 0 Å². The Balaban J connectivity index is 2.79. The van der Waals surface area contributed by atoms with Crippen LogP contribution in [0.25, 0.3) is 0 Å². The third-order valence-corrected chi connectivity index (χ3v) is 3.36. The molecule has 0 aromatic carbocycles. The maximum Gasteiger partial charge on any atom is 0.157 e. The molecular weight excluding hydrogens is 238 g/mol. The predicted molar refractivity (Wildman–Crippen MR) is 78.4 cm³/mol. The van der Waals surface area contributed by atoms with Crippen LogP contribution in [-0.2, 0) is 11.2 Å². The third kappa shape index (κ3) is 4.55. The zero-order valence-electron chi connectivity index (χ0n) is 12.9. The molecule has 1 aromatic rings. The van der Waals surface area contributed by atoms with E-state index in [9.17, 15) is 0 Å². The van der Waals surface area contributed by atoms with Crippen molar-refractivity contribution in [3.63, 3.8) is 0 Å². The lowest BCUT2D eigenvalue weighted by Gasteiger charge is -2.16. The molecule has 4 heteroatoms. The average Bonchev–Trinajstić information content (AvgIpc) is 2.38. The minimum absolute atomic E-state index is 0.00432. The van der Waals surface area contributed by atoms with Crippen molar-refractivity contribution in [2.24, 2.45) is 0 Å². The lowest BCUT2D eigenvalue weighted by molar-refractivity contribution is 0.0922. The van der Waals surface area contributed by atoms with Gasteiger partial charge in [-0.15, -0.1) is 0 Å². The molecule has 0 radical (unpaired) electrons. The Morgan fingerprint density at radius 2 is 1.74 bits per heavy atom. The van der Waals surface area contributed by atoms with Crippen LogP contribution in [0.2, 0.25) is 0 Å². The predicted octanol–water partition coefficient (Wildman–Crippen LogP) is 2.73. The van der Waals surface area contributed by atoms with Gasteiger partial charge >= 0.3 is 0 Å². The summed E-state index contributed by atoms with van der Waals surface area (Å²) >= 11 is 0. The molecule has 1 unspecified atom stereocenters. The highest BCUT2D eigenvalue weighted by Crippen LogP contribution is 2.19. The molecule has 0 amide bonds.